The van der Waals surface area contributed by atoms with Crippen LogP contribution in [0.4, 0.5) is 10.5 Å². The predicted molar refractivity (Wildman–Crippen MR) is 58.9 cm³/mol. The molecule has 4 nitrogen and oxygen atoms in total. The summed E-state index contributed by atoms with van der Waals surface area (Å²) in [5.41, 5.74) is 5.47. The average Bonchev–Trinajstić information content (AvgIpc) is 2.10. The number of nitrogens with one attached hydrogen (secondary N) is 1. The molecule has 0 saturated carbocycles. The molecule has 3 N–H and O–H groups in total. The smallest absolute Gasteiger partial charge is 0.316 e. The van der Waals surface area contributed by atoms with Crippen molar-refractivity contribution in [2.75, 3.05) is 12.4 Å². The van der Waals surface area contributed by atoms with Gasteiger partial charge in [-0.3, -0.25) is 0 Å². The highest BCUT2D eigenvalue weighted by Gasteiger charge is 2.08. The summed E-state index contributed by atoms with van der Waals surface area (Å²) in [6.07, 6.45) is 0. The van der Waals surface area contributed by atoms with Crippen LogP contribution in [0, 0.1) is 0 Å². The molecule has 14 heavy (non-hydrogen) atoms. The fourth-order valence-electron chi connectivity index (χ4n) is 0.914. The van der Waals surface area contributed by atoms with Gasteiger partial charge in [-0.1, -0.05) is 11.6 Å². The Hall–Kier alpha value is -0.940. The summed E-state index contributed by atoms with van der Waals surface area (Å²) in [6.45, 7) is 0. The van der Waals surface area contributed by atoms with E-state index in [2.05, 4.69) is 21.2 Å². The second-order valence-electron chi connectivity index (χ2n) is 2.46. The number of hydrogen-bond acceptors (Lipinski definition) is 2. The van der Waals surface area contributed by atoms with Gasteiger partial charge in [-0.05, 0) is 28.1 Å². The third-order valence-electron chi connectivity index (χ3n) is 1.50. The Labute approximate surface area is 94.5 Å². The van der Waals surface area contributed by atoms with Crippen LogP contribution >= 0.6 is 27.5 Å². The van der Waals surface area contributed by atoms with E-state index in [1.807, 2.05) is 0 Å². The number of rotatable bonds is 2. The lowest BCUT2D eigenvalue weighted by atomic mass is 10.3. The first-order valence-corrected chi connectivity index (χ1v) is 4.81. The van der Waals surface area contributed by atoms with Crippen molar-refractivity contribution in [3.05, 3.63) is 21.6 Å². The van der Waals surface area contributed by atoms with Crippen LogP contribution < -0.4 is 15.8 Å². The summed E-state index contributed by atoms with van der Waals surface area (Å²) in [7, 11) is 1.51. The van der Waals surface area contributed by atoms with Crippen LogP contribution in [0.25, 0.3) is 0 Å². The van der Waals surface area contributed by atoms with E-state index in [0.29, 0.717) is 20.9 Å². The largest absolute Gasteiger partial charge is 0.495 e. The number of nitrogens with two attached hydrogens (primary N) is 1. The molecule has 0 bridgehead atoms. The summed E-state index contributed by atoms with van der Waals surface area (Å²) in [5.74, 6) is 0.522. The van der Waals surface area contributed by atoms with E-state index in [1.54, 1.807) is 12.1 Å². The van der Waals surface area contributed by atoms with Gasteiger partial charge in [0.1, 0.15) is 5.75 Å². The summed E-state index contributed by atoms with van der Waals surface area (Å²) in [6, 6.07) is 2.55. The number of halogens is 2. The third-order valence-corrected chi connectivity index (χ3v) is 2.45. The quantitative estimate of drug-likeness (QED) is 0.874. The molecule has 6 heteroatoms. The second-order valence-corrected chi connectivity index (χ2v) is 3.72. The Morgan fingerprint density at radius 2 is 2.29 bits per heavy atom. The molecule has 76 valence electrons. The molecule has 1 aromatic carbocycles. The predicted octanol–water partition coefficient (Wildman–Crippen LogP) is 2.60. The Balaban J connectivity index is 3.08. The van der Waals surface area contributed by atoms with E-state index in [1.165, 1.54) is 7.11 Å². The molecule has 0 aliphatic heterocycles. The maximum absolute atomic E-state index is 10.6. The maximum Gasteiger partial charge on any atom is 0.316 e. The summed E-state index contributed by atoms with van der Waals surface area (Å²) in [5, 5.41) is 2.82. The van der Waals surface area contributed by atoms with Gasteiger partial charge >= 0.3 is 6.03 Å². The van der Waals surface area contributed by atoms with E-state index in [-0.39, 0.29) is 0 Å². The first-order chi connectivity index (χ1) is 6.54. The van der Waals surface area contributed by atoms with Crippen LogP contribution in [0.5, 0.6) is 5.75 Å². The SMILES string of the molecule is COc1cc(Br)c(NC(N)=O)cc1Cl. The Bertz CT molecular complexity index is 371. The Morgan fingerprint density at radius 1 is 1.64 bits per heavy atom. The number of benzene rings is 1. The molecule has 0 atom stereocenters. The first kappa shape index (κ1) is 11.1. The lowest BCUT2D eigenvalue weighted by molar-refractivity contribution is 0.259. The molecule has 1 rings (SSSR count). The second kappa shape index (κ2) is 4.52. The molecule has 1 aromatic rings. The van der Waals surface area contributed by atoms with Crippen LogP contribution in [0.15, 0.2) is 16.6 Å². The molecule has 0 aromatic heterocycles. The summed E-state index contributed by atoms with van der Waals surface area (Å²) in [4.78, 5) is 10.6. The maximum atomic E-state index is 10.6. The molecular formula is C8H8BrClN2O2. The number of primary amides is 1. The average molecular weight is 280 g/mol. The van der Waals surface area contributed by atoms with Crippen LogP contribution in [0.2, 0.25) is 5.02 Å². The van der Waals surface area contributed by atoms with Crippen molar-refractivity contribution in [2.45, 2.75) is 0 Å². The number of urea groups is 1. The van der Waals surface area contributed by atoms with Crippen molar-refractivity contribution in [1.29, 1.82) is 0 Å². The van der Waals surface area contributed by atoms with Crippen molar-refractivity contribution in [2.24, 2.45) is 5.73 Å². The molecule has 0 radical (unpaired) electrons. The van der Waals surface area contributed by atoms with E-state index >= 15 is 0 Å². The number of methoxy groups -OCH3 is 1. The molecule has 0 fully saturated rings. The lowest BCUT2D eigenvalue weighted by Gasteiger charge is -2.08. The van der Waals surface area contributed by atoms with Gasteiger partial charge in [-0.15, -0.1) is 0 Å². The highest BCUT2D eigenvalue weighted by Crippen LogP contribution is 2.34. The molecule has 0 spiro atoms. The Morgan fingerprint density at radius 3 is 2.79 bits per heavy atom. The van der Waals surface area contributed by atoms with Gasteiger partial charge < -0.3 is 15.8 Å². The van der Waals surface area contributed by atoms with Gasteiger partial charge in [0.25, 0.3) is 0 Å². The molecule has 2 amide bonds. The number of hydrogen-bond donors (Lipinski definition) is 2. The number of carbonyl (C=O) groups excluding carboxylic acids is 1. The number of anilines is 1. The molecule has 0 heterocycles. The van der Waals surface area contributed by atoms with Crippen LogP contribution in [0.3, 0.4) is 0 Å². The Kier molecular flexibility index (Phi) is 3.60. The van der Waals surface area contributed by atoms with Crippen molar-refractivity contribution < 1.29 is 9.53 Å². The third kappa shape index (κ3) is 2.52. The zero-order valence-corrected chi connectivity index (χ0v) is 9.65. The molecule has 0 saturated heterocycles. The van der Waals surface area contributed by atoms with E-state index < -0.39 is 6.03 Å². The zero-order chi connectivity index (χ0) is 10.7. The lowest BCUT2D eigenvalue weighted by Crippen LogP contribution is -2.19. The topological polar surface area (TPSA) is 64.3 Å². The molecule has 0 unspecified atom stereocenters. The van der Waals surface area contributed by atoms with Crippen LogP contribution in [0.1, 0.15) is 0 Å². The van der Waals surface area contributed by atoms with E-state index in [9.17, 15) is 4.79 Å². The fourth-order valence-corrected chi connectivity index (χ4v) is 1.58. The number of ether oxygens (including phenoxy) is 1. The van der Waals surface area contributed by atoms with Crippen molar-refractivity contribution >= 4 is 39.2 Å². The van der Waals surface area contributed by atoms with Gasteiger partial charge in [0.2, 0.25) is 0 Å². The normalized spacial score (nSPS) is 9.64. The van der Waals surface area contributed by atoms with Gasteiger partial charge in [0, 0.05) is 4.47 Å². The zero-order valence-electron chi connectivity index (χ0n) is 7.30. The van der Waals surface area contributed by atoms with E-state index in [4.69, 9.17) is 22.1 Å². The first-order valence-electron chi connectivity index (χ1n) is 3.64. The van der Waals surface area contributed by atoms with Gasteiger partial charge in [-0.25, -0.2) is 4.79 Å². The van der Waals surface area contributed by atoms with Crippen molar-refractivity contribution in [1.82, 2.24) is 0 Å². The monoisotopic (exact) mass is 278 g/mol. The van der Waals surface area contributed by atoms with Gasteiger partial charge in [0.05, 0.1) is 17.8 Å². The highest BCUT2D eigenvalue weighted by atomic mass is 79.9. The van der Waals surface area contributed by atoms with Gasteiger partial charge in [0.15, 0.2) is 0 Å². The van der Waals surface area contributed by atoms with E-state index in [0.717, 1.165) is 0 Å². The highest BCUT2D eigenvalue weighted by molar-refractivity contribution is 9.10. The fraction of sp³-hybridized carbons (Fsp3) is 0.125. The minimum atomic E-state index is -0.646. The summed E-state index contributed by atoms with van der Waals surface area (Å²) >= 11 is 9.09. The molecule has 0 aliphatic rings. The number of amides is 2. The standard InChI is InChI=1S/C8H8BrClN2O2/c1-14-7-2-4(9)6(3-5(7)10)12-8(11)13/h2-3H,1H3,(H3,11,12,13). The van der Waals surface area contributed by atoms with Crippen molar-refractivity contribution in [3.63, 3.8) is 0 Å². The molecular weight excluding hydrogens is 271 g/mol. The van der Waals surface area contributed by atoms with Gasteiger partial charge in [-0.2, -0.15) is 0 Å². The minimum Gasteiger partial charge on any atom is -0.495 e. The minimum absolute atomic E-state index is 0.402. The van der Waals surface area contributed by atoms with Crippen LogP contribution in [-0.2, 0) is 0 Å². The van der Waals surface area contributed by atoms with Crippen molar-refractivity contribution in [3.8, 4) is 5.75 Å². The summed E-state index contributed by atoms with van der Waals surface area (Å²) < 4.78 is 5.63. The van der Waals surface area contributed by atoms with Crippen LogP contribution in [-0.4, -0.2) is 13.1 Å². The number of carbonyl (C=O) groups is 1. The molecule has 0 aliphatic carbocycles.